The predicted molar refractivity (Wildman–Crippen MR) is 103 cm³/mol. The van der Waals surface area contributed by atoms with Gasteiger partial charge in [0.2, 0.25) is 5.91 Å². The number of thioether (sulfide) groups is 1. The minimum absolute atomic E-state index is 0.109. The minimum atomic E-state index is -0.512. The number of benzene rings is 1. The van der Waals surface area contributed by atoms with Gasteiger partial charge in [-0.2, -0.15) is 0 Å². The highest BCUT2D eigenvalue weighted by Crippen LogP contribution is 2.24. The quantitative estimate of drug-likeness (QED) is 0.754. The average molecular weight is 365 g/mol. The van der Waals surface area contributed by atoms with Crippen molar-refractivity contribution in [1.82, 2.24) is 4.90 Å². The topological polar surface area (TPSA) is 58.6 Å². The number of nitrogens with zero attached hydrogens (tertiary/aromatic N) is 1. The number of unbranched alkanes of at least 4 members (excludes halogenated alkanes) is 1. The van der Waals surface area contributed by atoms with Crippen LogP contribution in [0.4, 0.5) is 5.69 Å². The standard InChI is InChI=1S/C19H28N2O3S/c1-5-6-9-24-15(4)19(23)21-12-25-11-17(21)18(22)20-16-8-7-13(2)10-14(16)3/h7-8,10,15,17H,5-6,9,11-12H2,1-4H3,(H,20,22). The lowest BCUT2D eigenvalue weighted by atomic mass is 10.1. The number of ether oxygens (including phenoxy) is 1. The maximum absolute atomic E-state index is 12.7. The third-order valence-corrected chi connectivity index (χ3v) is 5.33. The molecule has 0 radical (unpaired) electrons. The van der Waals surface area contributed by atoms with Crippen LogP contribution in [-0.4, -0.2) is 47.1 Å². The molecular weight excluding hydrogens is 336 g/mol. The normalized spacial score (nSPS) is 18.2. The smallest absolute Gasteiger partial charge is 0.252 e. The molecule has 2 rings (SSSR count). The summed E-state index contributed by atoms with van der Waals surface area (Å²) in [7, 11) is 0. The summed E-state index contributed by atoms with van der Waals surface area (Å²) in [4.78, 5) is 27.0. The van der Waals surface area contributed by atoms with Crippen molar-refractivity contribution in [2.75, 3.05) is 23.6 Å². The summed E-state index contributed by atoms with van der Waals surface area (Å²) in [6.07, 6.45) is 1.45. The molecular formula is C19H28N2O3S. The molecule has 0 bridgehead atoms. The van der Waals surface area contributed by atoms with Gasteiger partial charge >= 0.3 is 0 Å². The molecule has 2 amide bonds. The summed E-state index contributed by atoms with van der Waals surface area (Å²) in [5.74, 6) is 0.906. The Labute approximate surface area is 154 Å². The summed E-state index contributed by atoms with van der Waals surface area (Å²) in [5.41, 5.74) is 2.97. The molecule has 1 aliphatic heterocycles. The summed E-state index contributed by atoms with van der Waals surface area (Å²) in [6.45, 7) is 8.41. The van der Waals surface area contributed by atoms with E-state index in [0.717, 1.165) is 29.7 Å². The predicted octanol–water partition coefficient (Wildman–Crippen LogP) is 3.35. The molecule has 6 heteroatoms. The van der Waals surface area contributed by atoms with Crippen molar-refractivity contribution in [2.45, 2.75) is 52.7 Å². The van der Waals surface area contributed by atoms with Gasteiger partial charge in [-0.1, -0.05) is 31.0 Å². The monoisotopic (exact) mass is 364 g/mol. The summed E-state index contributed by atoms with van der Waals surface area (Å²) >= 11 is 1.60. The van der Waals surface area contributed by atoms with E-state index in [1.165, 1.54) is 0 Å². The highest BCUT2D eigenvalue weighted by Gasteiger charge is 2.36. The molecule has 2 atom stereocenters. The van der Waals surface area contributed by atoms with Gasteiger partial charge in [-0.3, -0.25) is 9.59 Å². The average Bonchev–Trinajstić information content (AvgIpc) is 3.06. The first-order valence-electron chi connectivity index (χ1n) is 8.82. The van der Waals surface area contributed by atoms with Crippen molar-refractivity contribution in [2.24, 2.45) is 0 Å². The fourth-order valence-electron chi connectivity index (χ4n) is 2.76. The molecule has 1 fully saturated rings. The van der Waals surface area contributed by atoms with E-state index in [2.05, 4.69) is 12.2 Å². The van der Waals surface area contributed by atoms with Crippen LogP contribution in [0.25, 0.3) is 0 Å². The molecule has 1 N–H and O–H groups in total. The van der Waals surface area contributed by atoms with Gasteiger partial charge in [0, 0.05) is 18.0 Å². The van der Waals surface area contributed by atoms with Crippen molar-refractivity contribution >= 4 is 29.3 Å². The molecule has 0 aromatic heterocycles. The van der Waals surface area contributed by atoms with Gasteiger partial charge in [-0.15, -0.1) is 11.8 Å². The highest BCUT2D eigenvalue weighted by atomic mass is 32.2. The van der Waals surface area contributed by atoms with Crippen molar-refractivity contribution in [3.8, 4) is 0 Å². The number of amides is 2. The maximum Gasteiger partial charge on any atom is 0.252 e. The van der Waals surface area contributed by atoms with Crippen molar-refractivity contribution in [1.29, 1.82) is 0 Å². The number of anilines is 1. The lowest BCUT2D eigenvalue weighted by Gasteiger charge is -2.26. The summed E-state index contributed by atoms with van der Waals surface area (Å²) in [6, 6.07) is 5.47. The molecule has 1 aromatic rings. The molecule has 1 saturated heterocycles. The molecule has 1 aliphatic rings. The molecule has 0 aliphatic carbocycles. The first-order valence-corrected chi connectivity index (χ1v) is 9.97. The first-order chi connectivity index (χ1) is 11.9. The summed E-state index contributed by atoms with van der Waals surface area (Å²) < 4.78 is 5.60. The van der Waals surface area contributed by atoms with E-state index in [1.54, 1.807) is 23.6 Å². The third-order valence-electron chi connectivity index (χ3n) is 4.32. The maximum atomic E-state index is 12.7. The Morgan fingerprint density at radius 1 is 1.40 bits per heavy atom. The molecule has 0 saturated carbocycles. The van der Waals surface area contributed by atoms with Crippen molar-refractivity contribution < 1.29 is 14.3 Å². The van der Waals surface area contributed by atoms with Gasteiger partial charge < -0.3 is 15.0 Å². The van der Waals surface area contributed by atoms with Crippen LogP contribution in [0.15, 0.2) is 18.2 Å². The number of carbonyl (C=O) groups is 2. The molecule has 1 heterocycles. The van der Waals surface area contributed by atoms with Crippen LogP contribution in [0.1, 0.15) is 37.8 Å². The van der Waals surface area contributed by atoms with Gasteiger partial charge in [0.05, 0.1) is 5.88 Å². The third kappa shape index (κ3) is 5.22. The van der Waals surface area contributed by atoms with Gasteiger partial charge in [-0.05, 0) is 38.8 Å². The van der Waals surface area contributed by atoms with Crippen LogP contribution < -0.4 is 5.32 Å². The van der Waals surface area contributed by atoms with Crippen molar-refractivity contribution in [3.63, 3.8) is 0 Å². The van der Waals surface area contributed by atoms with Gasteiger partial charge in [0.25, 0.3) is 5.91 Å². The zero-order chi connectivity index (χ0) is 18.4. The van der Waals surface area contributed by atoms with Crippen LogP contribution in [0, 0.1) is 13.8 Å². The van der Waals surface area contributed by atoms with Gasteiger partial charge in [-0.25, -0.2) is 0 Å². The number of nitrogens with one attached hydrogen (secondary N) is 1. The largest absolute Gasteiger partial charge is 0.369 e. The second kappa shape index (κ2) is 9.25. The second-order valence-electron chi connectivity index (χ2n) is 6.50. The lowest BCUT2D eigenvalue weighted by molar-refractivity contribution is -0.145. The van der Waals surface area contributed by atoms with Gasteiger partial charge in [0.15, 0.2) is 0 Å². The Hall–Kier alpha value is -1.53. The number of hydrogen-bond acceptors (Lipinski definition) is 4. The van der Waals surface area contributed by atoms with Crippen molar-refractivity contribution in [3.05, 3.63) is 29.3 Å². The van der Waals surface area contributed by atoms with Crippen LogP contribution in [0.3, 0.4) is 0 Å². The Bertz CT molecular complexity index is 621. The fraction of sp³-hybridized carbons (Fsp3) is 0.579. The molecule has 2 unspecified atom stereocenters. The number of hydrogen-bond donors (Lipinski definition) is 1. The Kier molecular flexibility index (Phi) is 7.32. The number of rotatable bonds is 7. The highest BCUT2D eigenvalue weighted by molar-refractivity contribution is 7.99. The molecule has 25 heavy (non-hydrogen) atoms. The lowest BCUT2D eigenvalue weighted by Crippen LogP contribution is -2.48. The van der Waals surface area contributed by atoms with Crippen LogP contribution >= 0.6 is 11.8 Å². The van der Waals surface area contributed by atoms with Crippen LogP contribution in [0.5, 0.6) is 0 Å². The first kappa shape index (κ1) is 19.8. The van der Waals surface area contributed by atoms with E-state index in [4.69, 9.17) is 4.74 Å². The molecule has 1 aromatic carbocycles. The molecule has 0 spiro atoms. The summed E-state index contributed by atoms with van der Waals surface area (Å²) in [5, 5.41) is 2.97. The minimum Gasteiger partial charge on any atom is -0.369 e. The Balaban J connectivity index is 1.99. The SMILES string of the molecule is CCCCOC(C)C(=O)N1CSCC1C(=O)Nc1ccc(C)cc1C. The molecule has 5 nitrogen and oxygen atoms in total. The molecule has 138 valence electrons. The Morgan fingerprint density at radius 3 is 2.84 bits per heavy atom. The second-order valence-corrected chi connectivity index (χ2v) is 7.50. The van der Waals surface area contributed by atoms with E-state index < -0.39 is 12.1 Å². The Morgan fingerprint density at radius 2 is 2.16 bits per heavy atom. The van der Waals surface area contributed by atoms with E-state index in [0.29, 0.717) is 18.2 Å². The van der Waals surface area contributed by atoms with E-state index in [1.807, 2.05) is 32.0 Å². The number of carbonyl (C=O) groups excluding carboxylic acids is 2. The zero-order valence-electron chi connectivity index (χ0n) is 15.5. The van der Waals surface area contributed by atoms with Crippen LogP contribution in [0.2, 0.25) is 0 Å². The van der Waals surface area contributed by atoms with Gasteiger partial charge in [0.1, 0.15) is 12.1 Å². The number of aryl methyl sites for hydroxylation is 2. The van der Waals surface area contributed by atoms with E-state index >= 15 is 0 Å². The zero-order valence-corrected chi connectivity index (χ0v) is 16.3. The van der Waals surface area contributed by atoms with E-state index in [-0.39, 0.29) is 11.8 Å². The van der Waals surface area contributed by atoms with Crippen LogP contribution in [-0.2, 0) is 14.3 Å². The van der Waals surface area contributed by atoms with E-state index in [9.17, 15) is 9.59 Å². The fourth-order valence-corrected chi connectivity index (χ4v) is 3.92.